The minimum atomic E-state index is -0.837. The molecule has 30 heavy (non-hydrogen) atoms. The fourth-order valence-corrected chi connectivity index (χ4v) is 4.35. The molecule has 1 aromatic heterocycles. The van der Waals surface area contributed by atoms with Gasteiger partial charge in [0.2, 0.25) is 5.43 Å². The van der Waals surface area contributed by atoms with Crippen molar-refractivity contribution < 1.29 is 19.4 Å². The van der Waals surface area contributed by atoms with Crippen LogP contribution in [-0.2, 0) is 5.41 Å². The van der Waals surface area contributed by atoms with Gasteiger partial charge in [0.05, 0.1) is 16.6 Å². The molecule has 4 N–H and O–H groups in total. The highest BCUT2D eigenvalue weighted by atomic mass is 19.1. The monoisotopic (exact) mass is 410 g/mol. The lowest BCUT2D eigenvalue weighted by molar-refractivity contribution is 0.102. The number of halogens is 1. The van der Waals surface area contributed by atoms with Gasteiger partial charge in [-0.1, -0.05) is 32.3 Å². The number of rotatable bonds is 3. The summed E-state index contributed by atoms with van der Waals surface area (Å²) >= 11 is 0. The maximum absolute atomic E-state index is 14.8. The number of carbonyl (C=O) groups excluding carboxylic acids is 1. The van der Waals surface area contributed by atoms with Gasteiger partial charge in [-0.05, 0) is 36.5 Å². The molecule has 3 aromatic rings. The molecule has 1 heterocycles. The number of aromatic nitrogens is 1. The second-order valence-corrected chi connectivity index (χ2v) is 8.16. The number of hydrogen-bond donors (Lipinski definition) is 4. The van der Waals surface area contributed by atoms with Gasteiger partial charge in [-0.2, -0.15) is 0 Å². The second-order valence-electron chi connectivity index (χ2n) is 8.16. The van der Waals surface area contributed by atoms with E-state index >= 15 is 0 Å². The van der Waals surface area contributed by atoms with Gasteiger partial charge >= 0.3 is 0 Å². The van der Waals surface area contributed by atoms with Crippen molar-refractivity contribution in [2.45, 2.75) is 44.4 Å². The molecule has 156 valence electrons. The Morgan fingerprint density at radius 1 is 1.13 bits per heavy atom. The van der Waals surface area contributed by atoms with Gasteiger partial charge in [0.1, 0.15) is 22.9 Å². The first-order valence-electron chi connectivity index (χ1n) is 9.98. The Bertz CT molecular complexity index is 1200. The predicted octanol–water partition coefficient (Wildman–Crippen LogP) is 4.55. The van der Waals surface area contributed by atoms with Gasteiger partial charge in [-0.3, -0.25) is 9.59 Å². The Balaban J connectivity index is 1.67. The van der Waals surface area contributed by atoms with Crippen LogP contribution in [0.3, 0.4) is 0 Å². The van der Waals surface area contributed by atoms with Gasteiger partial charge in [-0.25, -0.2) is 4.39 Å². The fraction of sp³-hybridized carbons (Fsp3) is 0.304. The van der Waals surface area contributed by atoms with Crippen molar-refractivity contribution in [3.63, 3.8) is 0 Å². The maximum atomic E-state index is 14.8. The van der Waals surface area contributed by atoms with Crippen LogP contribution in [0.2, 0.25) is 0 Å². The molecule has 0 atom stereocenters. The van der Waals surface area contributed by atoms with Crippen molar-refractivity contribution in [1.82, 2.24) is 4.98 Å². The van der Waals surface area contributed by atoms with Crippen LogP contribution in [0.5, 0.6) is 11.5 Å². The Morgan fingerprint density at radius 3 is 2.60 bits per heavy atom. The first-order valence-corrected chi connectivity index (χ1v) is 9.98. The van der Waals surface area contributed by atoms with E-state index < -0.39 is 17.2 Å². The molecule has 1 saturated carbocycles. The number of pyridine rings is 1. The van der Waals surface area contributed by atoms with Crippen molar-refractivity contribution >= 4 is 22.5 Å². The molecule has 0 bridgehead atoms. The van der Waals surface area contributed by atoms with Crippen LogP contribution in [0, 0.1) is 5.82 Å². The number of aromatic hydroxyl groups is 2. The summed E-state index contributed by atoms with van der Waals surface area (Å²) in [6, 6.07) is 6.98. The van der Waals surface area contributed by atoms with Gasteiger partial charge in [0.15, 0.2) is 0 Å². The topological polar surface area (TPSA) is 102 Å². The number of carbonyl (C=O) groups is 1. The summed E-state index contributed by atoms with van der Waals surface area (Å²) in [5.41, 5.74) is -0.547. The third-order valence-corrected chi connectivity index (χ3v) is 6.07. The van der Waals surface area contributed by atoms with Crippen molar-refractivity contribution in [2.24, 2.45) is 0 Å². The van der Waals surface area contributed by atoms with E-state index in [0.29, 0.717) is 11.1 Å². The maximum Gasteiger partial charge on any atom is 0.261 e. The molecule has 6 nitrogen and oxygen atoms in total. The number of fused-ring (bicyclic) bond motifs is 1. The molecule has 2 aromatic carbocycles. The number of nitrogens with one attached hydrogen (secondary N) is 2. The number of H-pyrrole nitrogens is 1. The van der Waals surface area contributed by atoms with Crippen LogP contribution in [0.4, 0.5) is 10.1 Å². The molecule has 1 aliphatic rings. The third-order valence-electron chi connectivity index (χ3n) is 6.07. The Hall–Kier alpha value is -3.35. The minimum Gasteiger partial charge on any atom is -0.508 e. The quantitative estimate of drug-likeness (QED) is 0.509. The number of amides is 1. The molecule has 0 spiro atoms. The molecule has 7 heteroatoms. The highest BCUT2D eigenvalue weighted by Gasteiger charge is 2.32. The van der Waals surface area contributed by atoms with Gasteiger partial charge < -0.3 is 20.5 Å². The van der Waals surface area contributed by atoms with E-state index in [4.69, 9.17) is 0 Å². The SMILES string of the molecule is CC1(c2cc(F)c(NC(=O)c3c[nH]c4cccc(O)c4c3=O)cc2O)CCCCC1. The molecule has 1 fully saturated rings. The second kappa shape index (κ2) is 7.48. The summed E-state index contributed by atoms with van der Waals surface area (Å²) in [5.74, 6) is -1.85. The van der Waals surface area contributed by atoms with E-state index in [1.54, 1.807) is 12.1 Å². The Labute approximate surface area is 172 Å². The molecule has 4 rings (SSSR count). The summed E-state index contributed by atoms with van der Waals surface area (Å²) in [4.78, 5) is 28.1. The molecule has 0 aliphatic heterocycles. The lowest BCUT2D eigenvalue weighted by atomic mass is 9.70. The Kier molecular flexibility index (Phi) is 4.97. The smallest absolute Gasteiger partial charge is 0.261 e. The van der Waals surface area contributed by atoms with Crippen LogP contribution in [-0.4, -0.2) is 21.1 Å². The van der Waals surface area contributed by atoms with E-state index in [0.717, 1.165) is 32.1 Å². The van der Waals surface area contributed by atoms with E-state index in [9.17, 15) is 24.2 Å². The molecule has 1 amide bonds. The van der Waals surface area contributed by atoms with E-state index in [1.807, 2.05) is 6.92 Å². The summed E-state index contributed by atoms with van der Waals surface area (Å²) in [6.07, 6.45) is 6.11. The highest BCUT2D eigenvalue weighted by molar-refractivity contribution is 6.06. The zero-order chi connectivity index (χ0) is 21.5. The summed E-state index contributed by atoms with van der Waals surface area (Å²) in [6.45, 7) is 2.01. The number of phenolic OH excluding ortho intramolecular Hbond substituents is 2. The number of phenols is 2. The van der Waals surface area contributed by atoms with Gasteiger partial charge in [0.25, 0.3) is 5.91 Å². The zero-order valence-corrected chi connectivity index (χ0v) is 16.6. The first-order chi connectivity index (χ1) is 14.3. The fourth-order valence-electron chi connectivity index (χ4n) is 4.35. The lowest BCUT2D eigenvalue weighted by Crippen LogP contribution is -2.26. The summed E-state index contributed by atoms with van der Waals surface area (Å²) < 4.78 is 14.8. The molecular weight excluding hydrogens is 387 g/mol. The van der Waals surface area contributed by atoms with Crippen LogP contribution < -0.4 is 10.7 Å². The average molecular weight is 410 g/mol. The van der Waals surface area contributed by atoms with Crippen molar-refractivity contribution in [3.8, 4) is 11.5 Å². The molecule has 0 unspecified atom stereocenters. The lowest BCUT2D eigenvalue weighted by Gasteiger charge is -2.34. The van der Waals surface area contributed by atoms with Crippen molar-refractivity contribution in [3.05, 3.63) is 63.7 Å². The van der Waals surface area contributed by atoms with E-state index in [2.05, 4.69) is 10.3 Å². The standard InChI is InChI=1S/C23H23FN2O4/c1-23(8-3-2-4-9-23)14-10-15(24)17(11-19(14)28)26-22(30)13-12-25-16-6-5-7-18(27)20(16)21(13)29/h5-7,10-12,27-28H,2-4,8-9H2,1H3,(H,25,29)(H,26,30). The van der Waals surface area contributed by atoms with Crippen molar-refractivity contribution in [1.29, 1.82) is 0 Å². The average Bonchev–Trinajstić information content (AvgIpc) is 2.71. The van der Waals surface area contributed by atoms with Crippen LogP contribution in [0.25, 0.3) is 10.9 Å². The van der Waals surface area contributed by atoms with Crippen LogP contribution >= 0.6 is 0 Å². The minimum absolute atomic E-state index is 0.0194. The Morgan fingerprint density at radius 2 is 1.87 bits per heavy atom. The summed E-state index contributed by atoms with van der Waals surface area (Å²) in [5, 5.41) is 22.8. The van der Waals surface area contributed by atoms with Gasteiger partial charge in [0, 0.05) is 17.8 Å². The van der Waals surface area contributed by atoms with Crippen molar-refractivity contribution in [2.75, 3.05) is 5.32 Å². The highest BCUT2D eigenvalue weighted by Crippen LogP contribution is 2.44. The molecule has 0 saturated heterocycles. The molecular formula is C23H23FN2O4. The molecule has 1 aliphatic carbocycles. The van der Waals surface area contributed by atoms with E-state index in [1.165, 1.54) is 24.4 Å². The number of anilines is 1. The number of benzene rings is 2. The normalized spacial score (nSPS) is 15.8. The first kappa shape index (κ1) is 19.9. The largest absolute Gasteiger partial charge is 0.508 e. The predicted molar refractivity (Wildman–Crippen MR) is 113 cm³/mol. The molecule has 0 radical (unpaired) electrons. The van der Waals surface area contributed by atoms with E-state index in [-0.39, 0.29) is 33.6 Å². The summed E-state index contributed by atoms with van der Waals surface area (Å²) in [7, 11) is 0. The van der Waals surface area contributed by atoms with Gasteiger partial charge in [-0.15, -0.1) is 0 Å². The van der Waals surface area contributed by atoms with Crippen LogP contribution in [0.1, 0.15) is 54.9 Å². The number of hydrogen-bond acceptors (Lipinski definition) is 4. The van der Waals surface area contributed by atoms with Crippen LogP contribution in [0.15, 0.2) is 41.3 Å². The zero-order valence-electron chi connectivity index (χ0n) is 16.6. The number of aromatic amines is 1. The third kappa shape index (κ3) is 3.40.